The van der Waals surface area contributed by atoms with E-state index >= 15 is 0 Å². The molecule has 3 heterocycles. The Kier molecular flexibility index (Phi) is 3.99. The zero-order valence-electron chi connectivity index (χ0n) is 13.4. The molecule has 0 bridgehead atoms. The number of aryl methyl sites for hydroxylation is 1. The molecule has 1 N–H and O–H groups in total. The van der Waals surface area contributed by atoms with Gasteiger partial charge < -0.3 is 14.5 Å². The minimum absolute atomic E-state index is 0.144. The Morgan fingerprint density at radius 3 is 2.75 bits per heavy atom. The lowest BCUT2D eigenvalue weighted by atomic mass is 10.2. The maximum absolute atomic E-state index is 12.6. The zero-order chi connectivity index (χ0) is 17.3. The van der Waals surface area contributed by atoms with Gasteiger partial charge >= 0.3 is 0 Å². The fourth-order valence-corrected chi connectivity index (χ4v) is 2.30. The van der Waals surface area contributed by atoms with Crippen molar-refractivity contribution in [2.45, 2.75) is 13.8 Å². The highest BCUT2D eigenvalue weighted by Gasteiger charge is 2.20. The number of amides is 1. The van der Waals surface area contributed by atoms with Crippen molar-refractivity contribution in [1.29, 1.82) is 0 Å². The highest BCUT2D eigenvalue weighted by atomic mass is 16.5. The van der Waals surface area contributed by atoms with E-state index in [-0.39, 0.29) is 17.2 Å². The summed E-state index contributed by atoms with van der Waals surface area (Å²) < 4.78 is 10.7. The van der Waals surface area contributed by atoms with Gasteiger partial charge in [-0.15, -0.1) is 0 Å². The van der Waals surface area contributed by atoms with Crippen LogP contribution in [0.25, 0.3) is 11.0 Å². The summed E-state index contributed by atoms with van der Waals surface area (Å²) >= 11 is 0. The number of nitrogens with zero attached hydrogens (tertiary/aromatic N) is 2. The number of nitrogens with one attached hydrogen (secondary N) is 1. The number of fused-ring (bicyclic) bond motifs is 1. The second kappa shape index (κ2) is 6.11. The number of furan rings is 1. The SMILES string of the molecule is COc1cnc(C(=O)Nc2ccncc2C)c2cc(C(C)=O)oc12. The Morgan fingerprint density at radius 1 is 1.29 bits per heavy atom. The second-order valence-corrected chi connectivity index (χ2v) is 5.23. The van der Waals surface area contributed by atoms with E-state index in [1.54, 1.807) is 18.5 Å². The van der Waals surface area contributed by atoms with Gasteiger partial charge in [0.15, 0.2) is 22.9 Å². The molecule has 3 aromatic heterocycles. The van der Waals surface area contributed by atoms with Crippen molar-refractivity contribution in [3.8, 4) is 5.75 Å². The third-order valence-electron chi connectivity index (χ3n) is 3.57. The lowest BCUT2D eigenvalue weighted by Crippen LogP contribution is -2.15. The number of ether oxygens (including phenoxy) is 1. The maximum atomic E-state index is 12.6. The summed E-state index contributed by atoms with van der Waals surface area (Å²) in [4.78, 5) is 32.3. The van der Waals surface area contributed by atoms with Gasteiger partial charge in [0.1, 0.15) is 5.69 Å². The van der Waals surface area contributed by atoms with Gasteiger partial charge in [-0.2, -0.15) is 0 Å². The second-order valence-electron chi connectivity index (χ2n) is 5.23. The van der Waals surface area contributed by atoms with Crippen molar-refractivity contribution < 1.29 is 18.7 Å². The average Bonchev–Trinajstić information content (AvgIpc) is 3.01. The smallest absolute Gasteiger partial charge is 0.275 e. The van der Waals surface area contributed by atoms with Crippen LogP contribution in [0.3, 0.4) is 0 Å². The van der Waals surface area contributed by atoms with Crippen LogP contribution in [0.4, 0.5) is 5.69 Å². The Hall–Kier alpha value is -3.22. The molecule has 0 saturated heterocycles. The molecular formula is C17H15N3O4. The molecule has 0 atom stereocenters. The van der Waals surface area contributed by atoms with Crippen molar-refractivity contribution in [3.63, 3.8) is 0 Å². The van der Waals surface area contributed by atoms with Crippen molar-refractivity contribution >= 4 is 28.3 Å². The van der Waals surface area contributed by atoms with Gasteiger partial charge in [-0.05, 0) is 24.6 Å². The number of pyridine rings is 2. The van der Waals surface area contributed by atoms with Gasteiger partial charge in [0.25, 0.3) is 5.91 Å². The molecule has 0 unspecified atom stereocenters. The van der Waals surface area contributed by atoms with Crippen molar-refractivity contribution in [1.82, 2.24) is 9.97 Å². The lowest BCUT2D eigenvalue weighted by Gasteiger charge is -2.08. The zero-order valence-corrected chi connectivity index (χ0v) is 13.4. The van der Waals surface area contributed by atoms with E-state index in [1.165, 1.54) is 26.3 Å². The van der Waals surface area contributed by atoms with Gasteiger partial charge in [0.2, 0.25) is 0 Å². The van der Waals surface area contributed by atoms with Crippen LogP contribution in [0.5, 0.6) is 5.75 Å². The van der Waals surface area contributed by atoms with Crippen LogP contribution in [0.15, 0.2) is 35.1 Å². The van der Waals surface area contributed by atoms with E-state index in [9.17, 15) is 9.59 Å². The van der Waals surface area contributed by atoms with E-state index in [4.69, 9.17) is 9.15 Å². The first-order valence-corrected chi connectivity index (χ1v) is 7.20. The highest BCUT2D eigenvalue weighted by molar-refractivity contribution is 6.12. The summed E-state index contributed by atoms with van der Waals surface area (Å²) in [5.41, 5.74) is 1.93. The number of anilines is 1. The van der Waals surface area contributed by atoms with Crippen LogP contribution in [-0.4, -0.2) is 28.8 Å². The standard InChI is InChI=1S/C17H15N3O4/c1-9-7-18-5-4-12(9)20-17(22)15-11-6-13(10(2)21)24-16(11)14(23-3)8-19-15/h4-8H,1-3H3,(H,18,20,22). The topological polar surface area (TPSA) is 94.3 Å². The molecule has 0 saturated carbocycles. The van der Waals surface area contributed by atoms with Crippen molar-refractivity contribution in [3.05, 3.63) is 47.7 Å². The first-order chi connectivity index (χ1) is 11.5. The van der Waals surface area contributed by atoms with E-state index < -0.39 is 5.91 Å². The fourth-order valence-electron chi connectivity index (χ4n) is 2.30. The molecule has 122 valence electrons. The number of carbonyl (C=O) groups is 2. The summed E-state index contributed by atoms with van der Waals surface area (Å²) in [6.45, 7) is 3.23. The van der Waals surface area contributed by atoms with Crippen LogP contribution in [0.2, 0.25) is 0 Å². The third kappa shape index (κ3) is 2.71. The van der Waals surface area contributed by atoms with Crippen molar-refractivity contribution in [2.75, 3.05) is 12.4 Å². The largest absolute Gasteiger partial charge is 0.491 e. The molecular weight excluding hydrogens is 310 g/mol. The Balaban J connectivity index is 2.07. The number of Topliss-reactive ketones (excluding diaryl/α,β-unsaturated/α-hetero) is 1. The van der Waals surface area contributed by atoms with E-state index in [1.807, 2.05) is 6.92 Å². The maximum Gasteiger partial charge on any atom is 0.275 e. The summed E-state index contributed by atoms with van der Waals surface area (Å²) in [5.74, 6) is -0.156. The molecule has 1 amide bonds. The minimum atomic E-state index is -0.409. The number of ketones is 1. The molecule has 0 aliphatic carbocycles. The summed E-state index contributed by atoms with van der Waals surface area (Å²) in [7, 11) is 1.46. The van der Waals surface area contributed by atoms with Gasteiger partial charge in [-0.1, -0.05) is 0 Å². The monoisotopic (exact) mass is 325 g/mol. The molecule has 0 aliphatic rings. The Bertz CT molecular complexity index is 946. The molecule has 0 fully saturated rings. The Labute approximate surface area is 137 Å². The van der Waals surface area contributed by atoms with E-state index in [0.29, 0.717) is 22.4 Å². The van der Waals surface area contributed by atoms with Crippen molar-refractivity contribution in [2.24, 2.45) is 0 Å². The van der Waals surface area contributed by atoms with Crippen LogP contribution >= 0.6 is 0 Å². The number of hydrogen-bond donors (Lipinski definition) is 1. The predicted molar refractivity (Wildman–Crippen MR) is 87.5 cm³/mol. The van der Waals surface area contributed by atoms with Crippen LogP contribution in [0, 0.1) is 6.92 Å². The van der Waals surface area contributed by atoms with E-state index in [2.05, 4.69) is 15.3 Å². The number of carbonyl (C=O) groups excluding carboxylic acids is 2. The van der Waals surface area contributed by atoms with Crippen LogP contribution in [-0.2, 0) is 0 Å². The summed E-state index contributed by atoms with van der Waals surface area (Å²) in [6.07, 6.45) is 4.63. The van der Waals surface area contributed by atoms with Crippen LogP contribution in [0.1, 0.15) is 33.5 Å². The van der Waals surface area contributed by atoms with Gasteiger partial charge in [-0.25, -0.2) is 4.98 Å². The predicted octanol–water partition coefficient (Wildman–Crippen LogP) is 2.99. The molecule has 3 aromatic rings. The summed E-state index contributed by atoms with van der Waals surface area (Å²) in [5, 5.41) is 3.21. The molecule has 0 aromatic carbocycles. The van der Waals surface area contributed by atoms with Gasteiger partial charge in [-0.3, -0.25) is 14.6 Å². The number of hydrogen-bond acceptors (Lipinski definition) is 6. The molecule has 3 rings (SSSR count). The lowest BCUT2D eigenvalue weighted by molar-refractivity contribution is 0.0987. The highest BCUT2D eigenvalue weighted by Crippen LogP contribution is 2.30. The quantitative estimate of drug-likeness (QED) is 0.741. The third-order valence-corrected chi connectivity index (χ3v) is 3.57. The molecule has 7 heteroatoms. The molecule has 7 nitrogen and oxygen atoms in total. The summed E-state index contributed by atoms with van der Waals surface area (Å²) in [6, 6.07) is 3.20. The normalized spacial score (nSPS) is 10.6. The minimum Gasteiger partial charge on any atom is -0.491 e. The van der Waals surface area contributed by atoms with Gasteiger partial charge in [0, 0.05) is 25.0 Å². The molecule has 0 spiro atoms. The van der Waals surface area contributed by atoms with E-state index in [0.717, 1.165) is 5.56 Å². The fraction of sp³-hybridized carbons (Fsp3) is 0.176. The molecule has 0 aliphatic heterocycles. The number of aromatic nitrogens is 2. The molecule has 24 heavy (non-hydrogen) atoms. The average molecular weight is 325 g/mol. The number of methoxy groups -OCH3 is 1. The first kappa shape index (κ1) is 15.7. The first-order valence-electron chi connectivity index (χ1n) is 7.20. The van der Waals surface area contributed by atoms with Crippen LogP contribution < -0.4 is 10.1 Å². The Morgan fingerprint density at radius 2 is 2.08 bits per heavy atom. The van der Waals surface area contributed by atoms with Gasteiger partial charge in [0.05, 0.1) is 18.7 Å². The number of rotatable bonds is 4. The molecule has 0 radical (unpaired) electrons.